The molecule has 5 unspecified atom stereocenters. The Balaban J connectivity index is 1.42. The van der Waals surface area contributed by atoms with Gasteiger partial charge in [-0.15, -0.1) is 11.6 Å². The maximum Gasteiger partial charge on any atom is 0.306 e. The zero-order valence-corrected chi connectivity index (χ0v) is 21.6. The van der Waals surface area contributed by atoms with Crippen LogP contribution in [0, 0.1) is 24.7 Å². The minimum Gasteiger partial charge on any atom is -0.481 e. The van der Waals surface area contributed by atoms with Gasteiger partial charge in [-0.25, -0.2) is 4.98 Å². The predicted octanol–water partition coefficient (Wildman–Crippen LogP) is 3.65. The Morgan fingerprint density at radius 3 is 2.74 bits per heavy atom. The second-order valence-corrected chi connectivity index (χ2v) is 11.5. The first-order valence-corrected chi connectivity index (χ1v) is 13.4. The number of likely N-dealkylation sites (N-methyl/N-ethyl adjacent to an activating group) is 1. The molecule has 1 aromatic rings. The van der Waals surface area contributed by atoms with Crippen LogP contribution in [0.2, 0.25) is 0 Å². The average Bonchev–Trinajstić information content (AvgIpc) is 2.81. The number of hydrogen-bond donors (Lipinski definition) is 1. The fourth-order valence-corrected chi connectivity index (χ4v) is 6.81. The normalized spacial score (nSPS) is 31.9. The third kappa shape index (κ3) is 5.68. The van der Waals surface area contributed by atoms with Gasteiger partial charge in [-0.1, -0.05) is 12.8 Å². The van der Waals surface area contributed by atoms with E-state index in [0.29, 0.717) is 31.0 Å². The van der Waals surface area contributed by atoms with Crippen molar-refractivity contribution in [3.05, 3.63) is 27.4 Å². The number of ether oxygens (including phenoxy) is 1. The molecule has 2 fully saturated rings. The highest BCUT2D eigenvalue weighted by Crippen LogP contribution is 2.42. The highest BCUT2D eigenvalue weighted by Gasteiger charge is 2.39. The lowest BCUT2D eigenvalue weighted by atomic mass is 9.69. The minimum atomic E-state index is -0.674. The first-order chi connectivity index (χ1) is 16.2. The van der Waals surface area contributed by atoms with E-state index in [9.17, 15) is 14.7 Å². The van der Waals surface area contributed by atoms with E-state index in [1.165, 1.54) is 0 Å². The van der Waals surface area contributed by atoms with E-state index < -0.39 is 5.97 Å². The summed E-state index contributed by atoms with van der Waals surface area (Å²) in [5, 5.41) is 9.66. The molecule has 0 saturated heterocycles. The number of carboxylic acid groups (broad SMARTS) is 1. The summed E-state index contributed by atoms with van der Waals surface area (Å²) in [6.45, 7) is 2.87. The molecule has 8 heteroatoms. The zero-order valence-electron chi connectivity index (χ0n) is 20.8. The van der Waals surface area contributed by atoms with E-state index in [1.807, 2.05) is 6.92 Å². The fourth-order valence-electron chi connectivity index (χ4n) is 6.48. The molecule has 4 rings (SSSR count). The molecule has 2 saturated carbocycles. The summed E-state index contributed by atoms with van der Waals surface area (Å²) in [6.07, 6.45) is 8.93. The van der Waals surface area contributed by atoms with Crippen molar-refractivity contribution in [2.75, 3.05) is 20.7 Å². The van der Waals surface area contributed by atoms with E-state index in [2.05, 4.69) is 19.0 Å². The summed E-state index contributed by atoms with van der Waals surface area (Å²) >= 11 is 6.54. The second kappa shape index (κ2) is 11.1. The number of aromatic nitrogens is 2. The second-order valence-electron chi connectivity index (χ2n) is 10.8. The number of aryl methyl sites for hydroxylation is 2. The Hall–Kier alpha value is -1.44. The Labute approximate surface area is 207 Å². The van der Waals surface area contributed by atoms with Gasteiger partial charge in [0.1, 0.15) is 5.82 Å². The Bertz CT molecular complexity index is 933. The minimum absolute atomic E-state index is 0.0762. The van der Waals surface area contributed by atoms with Gasteiger partial charge in [-0.3, -0.25) is 14.2 Å². The molecular formula is C26H40ClN3O4. The van der Waals surface area contributed by atoms with Gasteiger partial charge in [-0.05, 0) is 84.2 Å². The molecule has 34 heavy (non-hydrogen) atoms. The number of aliphatic carboxylic acids is 1. The Morgan fingerprint density at radius 1 is 1.21 bits per heavy atom. The number of carboxylic acids is 1. The molecule has 3 aliphatic carbocycles. The number of nitrogens with zero attached hydrogens (tertiary/aromatic N) is 3. The molecule has 190 valence electrons. The van der Waals surface area contributed by atoms with Crippen LogP contribution in [0.5, 0.6) is 0 Å². The number of carbonyl (C=O) groups is 1. The number of fused-ring (bicyclic) bond motifs is 1. The number of halogens is 1. The molecule has 6 atom stereocenters. The van der Waals surface area contributed by atoms with Crippen LogP contribution in [0.3, 0.4) is 0 Å². The van der Waals surface area contributed by atoms with Crippen molar-refractivity contribution >= 4 is 17.6 Å². The van der Waals surface area contributed by atoms with Crippen molar-refractivity contribution in [1.82, 2.24) is 14.5 Å². The summed E-state index contributed by atoms with van der Waals surface area (Å²) in [5.41, 5.74) is 1.90. The van der Waals surface area contributed by atoms with Crippen LogP contribution in [0.1, 0.15) is 68.4 Å². The Morgan fingerprint density at radius 2 is 2.00 bits per heavy atom. The third-order valence-corrected chi connectivity index (χ3v) is 8.91. The maximum atomic E-state index is 13.3. The lowest BCUT2D eigenvalue weighted by Crippen LogP contribution is -2.41. The number of hydrogen-bond acceptors (Lipinski definition) is 5. The molecular weight excluding hydrogens is 454 g/mol. The lowest BCUT2D eigenvalue weighted by molar-refractivity contribution is -0.144. The van der Waals surface area contributed by atoms with E-state index in [4.69, 9.17) is 21.3 Å². The first-order valence-electron chi connectivity index (χ1n) is 13.0. The van der Waals surface area contributed by atoms with Crippen LogP contribution in [0.15, 0.2) is 4.79 Å². The van der Waals surface area contributed by atoms with Crippen molar-refractivity contribution in [2.24, 2.45) is 17.8 Å². The molecule has 1 aromatic heterocycles. The molecule has 0 aliphatic heterocycles. The van der Waals surface area contributed by atoms with Gasteiger partial charge < -0.3 is 14.7 Å². The van der Waals surface area contributed by atoms with Crippen molar-refractivity contribution in [3.63, 3.8) is 0 Å². The van der Waals surface area contributed by atoms with Gasteiger partial charge in [0.15, 0.2) is 0 Å². The SMILES string of the molecule is Cc1nc2c(c(=O)n1CCOC1CCC(Cl)CC1C1CCCC(C(=O)O)C1)C[C@H](N(C)C)CC2. The summed E-state index contributed by atoms with van der Waals surface area (Å²) in [5.74, 6) is 0.474. The average molecular weight is 494 g/mol. The highest BCUT2D eigenvalue weighted by atomic mass is 35.5. The van der Waals surface area contributed by atoms with Gasteiger partial charge >= 0.3 is 5.97 Å². The molecule has 0 bridgehead atoms. The van der Waals surface area contributed by atoms with Crippen LogP contribution >= 0.6 is 11.6 Å². The smallest absolute Gasteiger partial charge is 0.306 e. The van der Waals surface area contributed by atoms with E-state index in [-0.39, 0.29) is 23.0 Å². The molecule has 7 nitrogen and oxygen atoms in total. The van der Waals surface area contributed by atoms with Gasteiger partial charge in [0.25, 0.3) is 5.56 Å². The van der Waals surface area contributed by atoms with Crippen LogP contribution in [0.25, 0.3) is 0 Å². The van der Waals surface area contributed by atoms with E-state index >= 15 is 0 Å². The Kier molecular flexibility index (Phi) is 8.36. The van der Waals surface area contributed by atoms with Crippen molar-refractivity contribution in [3.8, 4) is 0 Å². The van der Waals surface area contributed by atoms with Crippen molar-refractivity contribution in [2.45, 2.75) is 95.2 Å². The summed E-state index contributed by atoms with van der Waals surface area (Å²) in [7, 11) is 4.14. The third-order valence-electron chi connectivity index (χ3n) is 8.51. The van der Waals surface area contributed by atoms with Crippen LogP contribution in [0.4, 0.5) is 0 Å². The molecule has 0 spiro atoms. The largest absolute Gasteiger partial charge is 0.481 e. The molecule has 1 heterocycles. The quantitative estimate of drug-likeness (QED) is 0.583. The van der Waals surface area contributed by atoms with Gasteiger partial charge in [-0.2, -0.15) is 0 Å². The number of rotatable bonds is 7. The summed E-state index contributed by atoms with van der Waals surface area (Å²) < 4.78 is 8.19. The first kappa shape index (κ1) is 25.6. The summed E-state index contributed by atoms with van der Waals surface area (Å²) in [4.78, 5) is 31.9. The van der Waals surface area contributed by atoms with Crippen molar-refractivity contribution < 1.29 is 14.6 Å². The number of alkyl halides is 1. The lowest BCUT2D eigenvalue weighted by Gasteiger charge is -2.41. The van der Waals surface area contributed by atoms with Gasteiger partial charge in [0, 0.05) is 17.0 Å². The van der Waals surface area contributed by atoms with Gasteiger partial charge in [0.05, 0.1) is 30.9 Å². The van der Waals surface area contributed by atoms with Crippen molar-refractivity contribution in [1.29, 1.82) is 0 Å². The standard InChI is InChI=1S/C26H40ClN3O4/c1-16-28-23-9-8-20(29(2)3)15-22(23)25(31)30(16)11-12-34-24-10-7-19(27)14-21(24)17-5-4-6-18(13-17)26(32)33/h17-21,24H,4-15H2,1-3H3,(H,32,33)/t17?,18?,19?,20-,21?,24?/m1/s1. The molecule has 3 aliphatic rings. The topological polar surface area (TPSA) is 84.7 Å². The van der Waals surface area contributed by atoms with Crippen LogP contribution in [-0.2, 0) is 28.9 Å². The van der Waals surface area contributed by atoms with Crippen LogP contribution < -0.4 is 5.56 Å². The molecule has 0 radical (unpaired) electrons. The summed E-state index contributed by atoms with van der Waals surface area (Å²) in [6, 6.07) is 0.381. The monoisotopic (exact) mass is 493 g/mol. The van der Waals surface area contributed by atoms with E-state index in [0.717, 1.165) is 81.3 Å². The highest BCUT2D eigenvalue weighted by molar-refractivity contribution is 6.20. The van der Waals surface area contributed by atoms with Gasteiger partial charge in [0.2, 0.25) is 0 Å². The molecule has 0 amide bonds. The molecule has 1 N–H and O–H groups in total. The predicted molar refractivity (Wildman–Crippen MR) is 133 cm³/mol. The zero-order chi connectivity index (χ0) is 24.4. The van der Waals surface area contributed by atoms with E-state index in [1.54, 1.807) is 4.57 Å². The van der Waals surface area contributed by atoms with Crippen LogP contribution in [-0.4, -0.2) is 63.8 Å². The molecule has 0 aromatic carbocycles. The maximum absolute atomic E-state index is 13.3. The fraction of sp³-hybridized carbons (Fsp3) is 0.808.